The van der Waals surface area contributed by atoms with E-state index in [-0.39, 0.29) is 12.4 Å². The van der Waals surface area contributed by atoms with Crippen molar-refractivity contribution in [3.05, 3.63) is 58.7 Å². The number of ether oxygens (including phenoxy) is 2. The minimum absolute atomic E-state index is 0.0429. The first-order valence-corrected chi connectivity index (χ1v) is 7.53. The average molecular weight is 340 g/mol. The molecule has 0 N–H and O–H groups in total. The Kier molecular flexibility index (Phi) is 4.42. The van der Waals surface area contributed by atoms with Gasteiger partial charge in [-0.05, 0) is 37.6 Å². The molecule has 0 bridgehead atoms. The average Bonchev–Trinajstić information content (AvgIpc) is 3.04. The van der Waals surface area contributed by atoms with Gasteiger partial charge in [0.1, 0.15) is 6.61 Å². The Morgan fingerprint density at radius 3 is 2.48 bits per heavy atom. The van der Waals surface area contributed by atoms with E-state index in [1.54, 1.807) is 24.3 Å². The Bertz CT molecular complexity index is 947. The van der Waals surface area contributed by atoms with E-state index in [0.29, 0.717) is 11.3 Å². The van der Waals surface area contributed by atoms with Gasteiger partial charge in [0.05, 0.1) is 12.7 Å². The molecule has 0 radical (unpaired) electrons. The Hall–Kier alpha value is -3.29. The van der Waals surface area contributed by atoms with Crippen LogP contribution in [-0.2, 0) is 16.1 Å². The number of carbonyl (C=O) groups excluding carboxylic acids is 2. The molecule has 8 heteroatoms. The predicted octanol–water partition coefficient (Wildman–Crippen LogP) is 1.88. The maximum Gasteiger partial charge on any atom is 0.378 e. The van der Waals surface area contributed by atoms with Crippen LogP contribution >= 0.6 is 0 Å². The Balaban J connectivity index is 1.70. The van der Waals surface area contributed by atoms with E-state index in [1.165, 1.54) is 11.6 Å². The molecule has 3 aromatic rings. The van der Waals surface area contributed by atoms with Crippen LogP contribution in [0.5, 0.6) is 0 Å². The van der Waals surface area contributed by atoms with Crippen molar-refractivity contribution in [2.24, 2.45) is 0 Å². The molecule has 1 aromatic carbocycles. The summed E-state index contributed by atoms with van der Waals surface area (Å²) in [6.07, 6.45) is 0. The summed E-state index contributed by atoms with van der Waals surface area (Å²) < 4.78 is 11.3. The fourth-order valence-corrected chi connectivity index (χ4v) is 2.32. The first-order chi connectivity index (χ1) is 12.0. The molecule has 0 spiro atoms. The summed E-state index contributed by atoms with van der Waals surface area (Å²) >= 11 is 0. The maximum absolute atomic E-state index is 12.1. The van der Waals surface area contributed by atoms with E-state index < -0.39 is 11.9 Å². The highest BCUT2D eigenvalue weighted by Gasteiger charge is 2.16. The Morgan fingerprint density at radius 2 is 1.80 bits per heavy atom. The van der Waals surface area contributed by atoms with Gasteiger partial charge >= 0.3 is 11.9 Å². The molecule has 128 valence electrons. The number of methoxy groups -OCH3 is 1. The first-order valence-electron chi connectivity index (χ1n) is 7.53. The van der Waals surface area contributed by atoms with Crippen molar-refractivity contribution < 1.29 is 19.1 Å². The minimum atomic E-state index is -0.639. The lowest BCUT2D eigenvalue weighted by molar-refractivity contribution is 0.0457. The third kappa shape index (κ3) is 3.47. The fourth-order valence-electron chi connectivity index (χ4n) is 2.32. The number of benzene rings is 1. The predicted molar refractivity (Wildman–Crippen MR) is 87.2 cm³/mol. The normalized spacial score (nSPS) is 10.7. The van der Waals surface area contributed by atoms with Gasteiger partial charge in [0, 0.05) is 11.4 Å². The summed E-state index contributed by atoms with van der Waals surface area (Å²) in [5.41, 5.74) is 2.78. The highest BCUT2D eigenvalue weighted by molar-refractivity contribution is 5.89. The van der Waals surface area contributed by atoms with E-state index in [1.807, 2.05) is 19.9 Å². The molecule has 0 atom stereocenters. The molecular weight excluding hydrogens is 324 g/mol. The molecule has 0 aliphatic heterocycles. The Labute approximate surface area is 143 Å². The molecule has 8 nitrogen and oxygen atoms in total. The van der Waals surface area contributed by atoms with Gasteiger partial charge in [-0.15, -0.1) is 5.10 Å². The number of carbonyl (C=O) groups is 2. The summed E-state index contributed by atoms with van der Waals surface area (Å²) in [7, 11) is 1.32. The van der Waals surface area contributed by atoms with Gasteiger partial charge in [0.2, 0.25) is 0 Å². The van der Waals surface area contributed by atoms with Gasteiger partial charge in [0.25, 0.3) is 11.6 Å². The highest BCUT2D eigenvalue weighted by Crippen LogP contribution is 2.09. The van der Waals surface area contributed by atoms with Gasteiger partial charge in [-0.2, -0.15) is 4.98 Å². The summed E-state index contributed by atoms with van der Waals surface area (Å²) in [6.45, 7) is 3.74. The molecule has 0 saturated heterocycles. The van der Waals surface area contributed by atoms with Crippen LogP contribution in [-0.4, -0.2) is 38.6 Å². The van der Waals surface area contributed by atoms with Crippen molar-refractivity contribution in [3.63, 3.8) is 0 Å². The van der Waals surface area contributed by atoms with Crippen LogP contribution < -0.4 is 0 Å². The van der Waals surface area contributed by atoms with Crippen LogP contribution in [0.1, 0.15) is 37.9 Å². The highest BCUT2D eigenvalue weighted by atomic mass is 16.5. The number of rotatable bonds is 4. The lowest BCUT2D eigenvalue weighted by Gasteiger charge is -2.04. The SMILES string of the molecule is COC(=O)c1ccc(COC(=O)c2nc3nc(C)cc(C)n3n2)cc1. The van der Waals surface area contributed by atoms with Crippen molar-refractivity contribution in [2.75, 3.05) is 7.11 Å². The van der Waals surface area contributed by atoms with Gasteiger partial charge in [-0.1, -0.05) is 12.1 Å². The maximum atomic E-state index is 12.1. The zero-order valence-electron chi connectivity index (χ0n) is 14.0. The van der Waals surface area contributed by atoms with E-state index in [2.05, 4.69) is 19.8 Å². The number of nitrogens with zero attached hydrogens (tertiary/aromatic N) is 4. The van der Waals surface area contributed by atoms with Crippen molar-refractivity contribution in [3.8, 4) is 0 Å². The van der Waals surface area contributed by atoms with Crippen LogP contribution in [0.25, 0.3) is 5.78 Å². The molecule has 3 rings (SSSR count). The molecule has 0 aliphatic carbocycles. The summed E-state index contributed by atoms with van der Waals surface area (Å²) in [5.74, 6) is -0.755. The van der Waals surface area contributed by atoms with Crippen LogP contribution in [0, 0.1) is 13.8 Å². The second kappa shape index (κ2) is 6.68. The van der Waals surface area contributed by atoms with E-state index >= 15 is 0 Å². The second-order valence-corrected chi connectivity index (χ2v) is 5.45. The monoisotopic (exact) mass is 340 g/mol. The van der Waals surface area contributed by atoms with E-state index in [9.17, 15) is 9.59 Å². The zero-order valence-corrected chi connectivity index (χ0v) is 14.0. The number of aromatic nitrogens is 4. The van der Waals surface area contributed by atoms with Crippen LogP contribution in [0.15, 0.2) is 30.3 Å². The van der Waals surface area contributed by atoms with Gasteiger partial charge in [-0.3, -0.25) is 0 Å². The van der Waals surface area contributed by atoms with E-state index in [4.69, 9.17) is 4.74 Å². The van der Waals surface area contributed by atoms with Crippen molar-refractivity contribution in [1.29, 1.82) is 0 Å². The third-order valence-electron chi connectivity index (χ3n) is 3.55. The minimum Gasteiger partial charge on any atom is -0.465 e. The lowest BCUT2D eigenvalue weighted by atomic mass is 10.1. The van der Waals surface area contributed by atoms with Gasteiger partial charge < -0.3 is 9.47 Å². The fraction of sp³-hybridized carbons (Fsp3) is 0.235. The molecule has 2 heterocycles. The molecule has 0 fully saturated rings. The second-order valence-electron chi connectivity index (χ2n) is 5.45. The van der Waals surface area contributed by atoms with E-state index in [0.717, 1.165) is 17.0 Å². The summed E-state index contributed by atoms with van der Waals surface area (Å²) in [6, 6.07) is 8.43. The summed E-state index contributed by atoms with van der Waals surface area (Å²) in [5, 5.41) is 4.12. The molecule has 2 aromatic heterocycles. The topological polar surface area (TPSA) is 95.7 Å². The van der Waals surface area contributed by atoms with Gasteiger partial charge in [0.15, 0.2) is 0 Å². The van der Waals surface area contributed by atoms with Crippen molar-refractivity contribution >= 4 is 17.7 Å². The number of aryl methyl sites for hydroxylation is 2. The van der Waals surface area contributed by atoms with Crippen LogP contribution in [0.3, 0.4) is 0 Å². The molecular formula is C17H16N4O4. The number of fused-ring (bicyclic) bond motifs is 1. The molecule has 0 aliphatic rings. The standard InChI is InChI=1S/C17H16N4O4/c1-10-8-11(2)21-17(18-10)19-14(20-21)16(23)25-9-12-4-6-13(7-5-12)15(22)24-3/h4-8H,9H2,1-3H3. The molecule has 0 amide bonds. The largest absolute Gasteiger partial charge is 0.465 e. The smallest absolute Gasteiger partial charge is 0.378 e. The summed E-state index contributed by atoms with van der Waals surface area (Å²) in [4.78, 5) is 31.9. The lowest BCUT2D eigenvalue weighted by Crippen LogP contribution is -2.08. The van der Waals surface area contributed by atoms with Crippen molar-refractivity contribution in [2.45, 2.75) is 20.5 Å². The number of hydrogen-bond acceptors (Lipinski definition) is 7. The molecule has 25 heavy (non-hydrogen) atoms. The van der Waals surface area contributed by atoms with Crippen LogP contribution in [0.4, 0.5) is 0 Å². The third-order valence-corrected chi connectivity index (χ3v) is 3.55. The van der Waals surface area contributed by atoms with Crippen molar-refractivity contribution in [1.82, 2.24) is 19.6 Å². The molecule has 0 unspecified atom stereocenters. The zero-order chi connectivity index (χ0) is 18.0. The van der Waals surface area contributed by atoms with Gasteiger partial charge in [-0.25, -0.2) is 19.1 Å². The quantitative estimate of drug-likeness (QED) is 0.669. The number of hydrogen-bond donors (Lipinski definition) is 0. The number of esters is 2. The first kappa shape index (κ1) is 16.6. The van der Waals surface area contributed by atoms with Crippen LogP contribution in [0.2, 0.25) is 0 Å². The Morgan fingerprint density at radius 1 is 1.08 bits per heavy atom. The molecule has 0 saturated carbocycles.